The predicted molar refractivity (Wildman–Crippen MR) is 70.5 cm³/mol. The number of benzene rings is 1. The lowest BCUT2D eigenvalue weighted by molar-refractivity contribution is 0.0466. The minimum Gasteiger partial charge on any atom is -0.508 e. The molecule has 0 saturated carbocycles. The fraction of sp³-hybridized carbons (Fsp3) is 0.467. The van der Waals surface area contributed by atoms with Crippen LogP contribution in [0.4, 0.5) is 0 Å². The Morgan fingerprint density at radius 3 is 2.89 bits per heavy atom. The van der Waals surface area contributed by atoms with Crippen molar-refractivity contribution in [3.8, 4) is 5.75 Å². The van der Waals surface area contributed by atoms with Crippen LogP contribution in [0.1, 0.15) is 43.1 Å². The molecule has 1 aromatic carbocycles. The van der Waals surface area contributed by atoms with Gasteiger partial charge in [-0.1, -0.05) is 17.7 Å². The summed E-state index contributed by atoms with van der Waals surface area (Å²) in [6.45, 7) is 4.68. The summed E-state index contributed by atoms with van der Waals surface area (Å²) in [5, 5.41) is 18.9. The Hall–Kier alpha value is -1.32. The second kappa shape index (κ2) is 5.55. The van der Waals surface area contributed by atoms with Gasteiger partial charge in [0.2, 0.25) is 0 Å². The van der Waals surface area contributed by atoms with E-state index in [2.05, 4.69) is 19.9 Å². The topological polar surface area (TPSA) is 49.7 Å². The number of hydrogen-bond donors (Lipinski definition) is 2. The summed E-state index contributed by atoms with van der Waals surface area (Å²) in [5.74, 6) is 0.298. The molecule has 3 nitrogen and oxygen atoms in total. The standard InChI is InChI=1S/C15H20O3/c1-10(2)3-4-11-5-6-13(17)12-9-18-14(7-8-16)15(11)12/h3,5-6,14,16-17H,4,7-9H2,1-2H3/t14-/m1/s1. The van der Waals surface area contributed by atoms with Crippen LogP contribution in [0, 0.1) is 0 Å². The molecule has 0 spiro atoms. The highest BCUT2D eigenvalue weighted by molar-refractivity contribution is 5.48. The summed E-state index contributed by atoms with van der Waals surface area (Å²) in [6, 6.07) is 3.68. The number of aliphatic hydroxyl groups is 1. The number of rotatable bonds is 4. The first-order valence-electron chi connectivity index (χ1n) is 6.33. The Morgan fingerprint density at radius 1 is 1.44 bits per heavy atom. The number of hydrogen-bond acceptors (Lipinski definition) is 3. The summed E-state index contributed by atoms with van der Waals surface area (Å²) in [6.07, 6.45) is 3.51. The van der Waals surface area contributed by atoms with Crippen molar-refractivity contribution in [2.24, 2.45) is 0 Å². The van der Waals surface area contributed by atoms with Crippen LogP contribution >= 0.6 is 0 Å². The molecule has 1 heterocycles. The zero-order chi connectivity index (χ0) is 13.1. The molecule has 3 heteroatoms. The highest BCUT2D eigenvalue weighted by atomic mass is 16.5. The first kappa shape index (κ1) is 13.1. The van der Waals surface area contributed by atoms with E-state index in [-0.39, 0.29) is 12.7 Å². The third kappa shape index (κ3) is 2.57. The van der Waals surface area contributed by atoms with E-state index in [9.17, 15) is 5.11 Å². The Kier molecular flexibility index (Phi) is 4.04. The third-order valence-corrected chi connectivity index (χ3v) is 3.29. The molecule has 1 atom stereocenters. The van der Waals surface area contributed by atoms with Crippen LogP contribution < -0.4 is 0 Å². The van der Waals surface area contributed by atoms with E-state index in [4.69, 9.17) is 9.84 Å². The molecule has 0 aliphatic carbocycles. The van der Waals surface area contributed by atoms with Crippen molar-refractivity contribution >= 4 is 0 Å². The molecule has 0 amide bonds. The summed E-state index contributed by atoms with van der Waals surface area (Å²) in [7, 11) is 0. The number of phenolic OH excluding ortho intramolecular Hbond substituents is 1. The number of phenols is 1. The molecule has 1 aromatic rings. The number of fused-ring (bicyclic) bond motifs is 1. The van der Waals surface area contributed by atoms with E-state index in [1.807, 2.05) is 6.07 Å². The number of aliphatic hydroxyl groups excluding tert-OH is 1. The van der Waals surface area contributed by atoms with Gasteiger partial charge in [0.05, 0.1) is 12.7 Å². The van der Waals surface area contributed by atoms with Crippen LogP contribution in [0.15, 0.2) is 23.8 Å². The molecule has 2 N–H and O–H groups in total. The van der Waals surface area contributed by atoms with Gasteiger partial charge in [-0.3, -0.25) is 0 Å². The summed E-state index contributed by atoms with van der Waals surface area (Å²) in [4.78, 5) is 0. The van der Waals surface area contributed by atoms with Crippen LogP contribution in [0.3, 0.4) is 0 Å². The molecule has 18 heavy (non-hydrogen) atoms. The predicted octanol–water partition coefficient (Wildman–Crippen LogP) is 2.85. The molecule has 1 aliphatic rings. The Labute approximate surface area is 108 Å². The van der Waals surface area contributed by atoms with Crippen molar-refractivity contribution in [2.45, 2.75) is 39.4 Å². The van der Waals surface area contributed by atoms with Gasteiger partial charge in [-0.25, -0.2) is 0 Å². The molecule has 0 aromatic heterocycles. The first-order chi connectivity index (χ1) is 8.63. The average molecular weight is 248 g/mol. The summed E-state index contributed by atoms with van der Waals surface area (Å²) < 4.78 is 5.65. The van der Waals surface area contributed by atoms with E-state index in [0.29, 0.717) is 18.8 Å². The minimum atomic E-state index is -0.0855. The van der Waals surface area contributed by atoms with Gasteiger partial charge in [-0.2, -0.15) is 0 Å². The Morgan fingerprint density at radius 2 is 2.22 bits per heavy atom. The minimum absolute atomic E-state index is 0.0855. The van der Waals surface area contributed by atoms with Crippen LogP contribution in [0.25, 0.3) is 0 Å². The lowest BCUT2D eigenvalue weighted by Gasteiger charge is -2.14. The lowest BCUT2D eigenvalue weighted by atomic mass is 9.94. The summed E-state index contributed by atoms with van der Waals surface area (Å²) in [5.41, 5.74) is 4.41. The smallest absolute Gasteiger partial charge is 0.121 e. The van der Waals surface area contributed by atoms with Crippen molar-refractivity contribution in [1.82, 2.24) is 0 Å². The average Bonchev–Trinajstić information content (AvgIpc) is 2.74. The zero-order valence-corrected chi connectivity index (χ0v) is 10.9. The van der Waals surface area contributed by atoms with Gasteiger partial charge in [0.25, 0.3) is 0 Å². The second-order valence-corrected chi connectivity index (χ2v) is 4.93. The van der Waals surface area contributed by atoms with Gasteiger partial charge in [0.1, 0.15) is 5.75 Å². The van der Waals surface area contributed by atoms with Crippen LogP contribution in [0.5, 0.6) is 5.75 Å². The molecule has 0 bridgehead atoms. The van der Waals surface area contributed by atoms with Gasteiger partial charge in [0, 0.05) is 18.6 Å². The van der Waals surface area contributed by atoms with Crippen molar-refractivity contribution in [2.75, 3.05) is 6.61 Å². The van der Waals surface area contributed by atoms with Crippen molar-refractivity contribution in [3.63, 3.8) is 0 Å². The van der Waals surface area contributed by atoms with Gasteiger partial charge in [-0.15, -0.1) is 0 Å². The zero-order valence-electron chi connectivity index (χ0n) is 10.9. The fourth-order valence-electron chi connectivity index (χ4n) is 2.36. The van der Waals surface area contributed by atoms with Crippen LogP contribution in [-0.2, 0) is 17.8 Å². The SMILES string of the molecule is CC(C)=CCc1ccc(O)c2c1[C@@H](CCO)OC2. The van der Waals surface area contributed by atoms with E-state index >= 15 is 0 Å². The van der Waals surface area contributed by atoms with Crippen molar-refractivity contribution < 1.29 is 14.9 Å². The highest BCUT2D eigenvalue weighted by Crippen LogP contribution is 2.40. The van der Waals surface area contributed by atoms with Crippen molar-refractivity contribution in [3.05, 3.63) is 40.5 Å². The fourth-order valence-corrected chi connectivity index (χ4v) is 2.36. The number of aromatic hydroxyl groups is 1. The molecule has 0 unspecified atom stereocenters. The molecular formula is C15H20O3. The summed E-state index contributed by atoms with van der Waals surface area (Å²) >= 11 is 0. The third-order valence-electron chi connectivity index (χ3n) is 3.29. The van der Waals surface area contributed by atoms with Gasteiger partial charge in [-0.05, 0) is 37.5 Å². The highest BCUT2D eigenvalue weighted by Gasteiger charge is 2.27. The number of allylic oxidation sites excluding steroid dienone is 2. The van der Waals surface area contributed by atoms with E-state index in [1.54, 1.807) is 6.07 Å². The molecular weight excluding hydrogens is 228 g/mol. The van der Waals surface area contributed by atoms with Crippen LogP contribution in [-0.4, -0.2) is 16.8 Å². The van der Waals surface area contributed by atoms with Crippen LogP contribution in [0.2, 0.25) is 0 Å². The molecule has 98 valence electrons. The molecule has 0 saturated heterocycles. The number of ether oxygens (including phenoxy) is 1. The Balaban J connectivity index is 2.37. The largest absolute Gasteiger partial charge is 0.508 e. The molecule has 0 fully saturated rings. The van der Waals surface area contributed by atoms with E-state index in [0.717, 1.165) is 17.5 Å². The lowest BCUT2D eigenvalue weighted by Crippen LogP contribution is -2.02. The maximum atomic E-state index is 9.86. The maximum absolute atomic E-state index is 9.86. The quantitative estimate of drug-likeness (QED) is 0.805. The molecule has 2 rings (SSSR count). The van der Waals surface area contributed by atoms with Gasteiger partial charge < -0.3 is 14.9 Å². The molecule has 0 radical (unpaired) electrons. The van der Waals surface area contributed by atoms with Gasteiger partial charge in [0.15, 0.2) is 0 Å². The Bertz CT molecular complexity index is 459. The maximum Gasteiger partial charge on any atom is 0.121 e. The second-order valence-electron chi connectivity index (χ2n) is 4.93. The van der Waals surface area contributed by atoms with E-state index in [1.165, 1.54) is 11.1 Å². The monoisotopic (exact) mass is 248 g/mol. The van der Waals surface area contributed by atoms with Crippen molar-refractivity contribution in [1.29, 1.82) is 0 Å². The van der Waals surface area contributed by atoms with Gasteiger partial charge >= 0.3 is 0 Å². The normalized spacial score (nSPS) is 17.6. The van der Waals surface area contributed by atoms with E-state index < -0.39 is 0 Å². The molecule has 1 aliphatic heterocycles. The first-order valence-corrected chi connectivity index (χ1v) is 6.33.